The van der Waals surface area contributed by atoms with Crippen molar-refractivity contribution in [2.24, 2.45) is 5.16 Å². The quantitative estimate of drug-likeness (QED) is 0.203. The van der Waals surface area contributed by atoms with E-state index in [9.17, 15) is 10.0 Å². The van der Waals surface area contributed by atoms with Gasteiger partial charge in [-0.15, -0.1) is 0 Å². The summed E-state index contributed by atoms with van der Waals surface area (Å²) in [6.07, 6.45) is 0.524. The molecule has 0 amide bonds. The molecule has 3 aromatic carbocycles. The Hall–Kier alpha value is -3.86. The summed E-state index contributed by atoms with van der Waals surface area (Å²) in [5, 5.41) is 13.6. The van der Waals surface area contributed by atoms with Gasteiger partial charge in [-0.05, 0) is 37.1 Å². The molecule has 0 saturated carbocycles. The molecule has 0 radical (unpaired) electrons. The molecular weight excluding hydrogens is 390 g/mol. The van der Waals surface area contributed by atoms with E-state index in [0.29, 0.717) is 29.0 Å². The maximum Gasteiger partial charge on any atom is 0.340 e. The van der Waals surface area contributed by atoms with E-state index in [1.54, 1.807) is 6.07 Å². The molecule has 1 aromatic heterocycles. The Morgan fingerprint density at radius 2 is 1.74 bits per heavy atom. The topological polar surface area (TPSA) is 72.0 Å². The molecule has 1 N–H and O–H groups in total. The van der Waals surface area contributed by atoms with Crippen molar-refractivity contribution in [3.05, 3.63) is 111 Å². The smallest absolute Gasteiger partial charge is 0.340 e. The Bertz CT molecular complexity index is 1290. The normalized spacial score (nSPS) is 11.6. The molecule has 156 valence electrons. The van der Waals surface area contributed by atoms with Crippen LogP contribution in [0.15, 0.2) is 87.2 Å². The minimum Gasteiger partial charge on any atom is -0.487 e. The van der Waals surface area contributed by atoms with Crippen LogP contribution in [0.4, 0.5) is 0 Å². The fourth-order valence-corrected chi connectivity index (χ4v) is 3.54. The van der Waals surface area contributed by atoms with Crippen LogP contribution in [-0.2, 0) is 6.42 Å². The molecule has 0 unspecified atom stereocenters. The highest BCUT2D eigenvalue weighted by Crippen LogP contribution is 2.25. The lowest BCUT2D eigenvalue weighted by molar-refractivity contribution is 0.308. The molecule has 5 nitrogen and oxygen atoms in total. The molecule has 4 aromatic rings. The number of hydrogen-bond acceptors (Lipinski definition) is 5. The van der Waals surface area contributed by atoms with Crippen molar-refractivity contribution in [2.75, 3.05) is 6.61 Å². The van der Waals surface area contributed by atoms with Gasteiger partial charge in [0.15, 0.2) is 0 Å². The molecular formula is C26H23NO4. The van der Waals surface area contributed by atoms with Crippen LogP contribution in [-0.4, -0.2) is 17.5 Å². The lowest BCUT2D eigenvalue weighted by atomic mass is 10.00. The zero-order valence-corrected chi connectivity index (χ0v) is 17.5. The number of nitrogens with zero attached hydrogens (tertiary/aromatic N) is 1. The van der Waals surface area contributed by atoms with Crippen LogP contribution in [0, 0.1) is 13.8 Å². The summed E-state index contributed by atoms with van der Waals surface area (Å²) in [4.78, 5) is 12.6. The molecule has 0 saturated heterocycles. The SMILES string of the molecule is Cc1ccc(/C(COc2ccc3c(C)c(Cc4ccccc4)c(=O)oc3c2)=N\O)cc1. The van der Waals surface area contributed by atoms with Gasteiger partial charge in [-0.2, -0.15) is 0 Å². The first-order valence-electron chi connectivity index (χ1n) is 10.1. The highest BCUT2D eigenvalue weighted by molar-refractivity contribution is 6.01. The second-order valence-corrected chi connectivity index (χ2v) is 7.51. The van der Waals surface area contributed by atoms with E-state index in [2.05, 4.69) is 5.16 Å². The fourth-order valence-electron chi connectivity index (χ4n) is 3.54. The molecule has 0 aliphatic rings. The summed E-state index contributed by atoms with van der Waals surface area (Å²) in [6.45, 7) is 4.01. The van der Waals surface area contributed by atoms with Gasteiger partial charge in [-0.25, -0.2) is 4.79 Å². The van der Waals surface area contributed by atoms with Gasteiger partial charge in [0.2, 0.25) is 0 Å². The predicted molar refractivity (Wildman–Crippen MR) is 121 cm³/mol. The summed E-state index contributed by atoms with van der Waals surface area (Å²) in [5.41, 5.74) is 5.05. The number of fused-ring (bicyclic) bond motifs is 1. The van der Waals surface area contributed by atoms with E-state index < -0.39 is 0 Å². The lowest BCUT2D eigenvalue weighted by Crippen LogP contribution is -2.13. The largest absolute Gasteiger partial charge is 0.487 e. The summed E-state index contributed by atoms with van der Waals surface area (Å²) in [5.74, 6) is 0.527. The van der Waals surface area contributed by atoms with Gasteiger partial charge in [0, 0.05) is 29.0 Å². The fraction of sp³-hybridized carbons (Fsp3) is 0.154. The Morgan fingerprint density at radius 3 is 2.45 bits per heavy atom. The Kier molecular flexibility index (Phi) is 5.85. The maximum atomic E-state index is 12.6. The number of benzene rings is 3. The zero-order valence-electron chi connectivity index (χ0n) is 17.5. The van der Waals surface area contributed by atoms with Crippen LogP contribution in [0.25, 0.3) is 11.0 Å². The molecule has 0 bridgehead atoms. The highest BCUT2D eigenvalue weighted by Gasteiger charge is 2.13. The highest BCUT2D eigenvalue weighted by atomic mass is 16.5. The Balaban J connectivity index is 1.57. The van der Waals surface area contributed by atoms with E-state index >= 15 is 0 Å². The number of rotatable bonds is 6. The monoisotopic (exact) mass is 413 g/mol. The molecule has 4 rings (SSSR count). The third kappa shape index (κ3) is 4.51. The van der Waals surface area contributed by atoms with E-state index in [4.69, 9.17) is 9.15 Å². The second-order valence-electron chi connectivity index (χ2n) is 7.51. The van der Waals surface area contributed by atoms with Gasteiger partial charge >= 0.3 is 5.63 Å². The third-order valence-corrected chi connectivity index (χ3v) is 5.36. The Morgan fingerprint density at radius 1 is 1.00 bits per heavy atom. The second kappa shape index (κ2) is 8.88. The van der Waals surface area contributed by atoms with Crippen LogP contribution in [0.2, 0.25) is 0 Å². The summed E-state index contributed by atoms with van der Waals surface area (Å²) in [7, 11) is 0. The number of oxime groups is 1. The van der Waals surface area contributed by atoms with Crippen molar-refractivity contribution in [2.45, 2.75) is 20.3 Å². The van der Waals surface area contributed by atoms with E-state index in [0.717, 1.165) is 27.6 Å². The standard InChI is InChI=1S/C26H23NO4/c1-17-8-10-20(11-9-17)24(27-29)16-30-21-12-13-22-18(2)23(26(28)31-25(22)15-21)14-19-6-4-3-5-7-19/h3-13,15,29H,14,16H2,1-2H3/b27-24-. The summed E-state index contributed by atoms with van der Waals surface area (Å²) in [6, 6.07) is 22.9. The molecule has 0 aliphatic heterocycles. The van der Waals surface area contributed by atoms with Crippen molar-refractivity contribution in [1.29, 1.82) is 0 Å². The van der Waals surface area contributed by atoms with Crippen LogP contribution < -0.4 is 10.4 Å². The molecule has 1 heterocycles. The summed E-state index contributed by atoms with van der Waals surface area (Å²) >= 11 is 0. The molecule has 31 heavy (non-hydrogen) atoms. The number of aryl methyl sites for hydroxylation is 2. The number of ether oxygens (including phenoxy) is 1. The molecule has 0 atom stereocenters. The maximum absolute atomic E-state index is 12.6. The van der Waals surface area contributed by atoms with Crippen molar-refractivity contribution in [3.63, 3.8) is 0 Å². The summed E-state index contributed by atoms with van der Waals surface area (Å²) < 4.78 is 11.4. The average Bonchev–Trinajstić information content (AvgIpc) is 2.78. The Labute approximate surface area is 180 Å². The molecule has 0 fully saturated rings. The van der Waals surface area contributed by atoms with E-state index in [-0.39, 0.29) is 12.2 Å². The predicted octanol–water partition coefficient (Wildman–Crippen LogP) is 5.26. The average molecular weight is 413 g/mol. The van der Waals surface area contributed by atoms with Gasteiger partial charge in [0.05, 0.1) is 0 Å². The van der Waals surface area contributed by atoms with Crippen molar-refractivity contribution in [1.82, 2.24) is 0 Å². The van der Waals surface area contributed by atoms with E-state index in [1.165, 1.54) is 0 Å². The van der Waals surface area contributed by atoms with Gasteiger partial charge in [0.1, 0.15) is 23.7 Å². The van der Waals surface area contributed by atoms with Crippen molar-refractivity contribution < 1.29 is 14.4 Å². The zero-order chi connectivity index (χ0) is 21.8. The van der Waals surface area contributed by atoms with Crippen LogP contribution in [0.5, 0.6) is 5.75 Å². The number of hydrogen-bond donors (Lipinski definition) is 1. The van der Waals surface area contributed by atoms with Crippen LogP contribution in [0.1, 0.15) is 27.8 Å². The minimum atomic E-state index is -0.344. The van der Waals surface area contributed by atoms with Gasteiger partial charge < -0.3 is 14.4 Å². The minimum absolute atomic E-state index is 0.0837. The first-order chi connectivity index (χ1) is 15.0. The van der Waals surface area contributed by atoms with Crippen LogP contribution >= 0.6 is 0 Å². The molecule has 0 spiro atoms. The lowest BCUT2D eigenvalue weighted by Gasteiger charge is -2.11. The van der Waals surface area contributed by atoms with Gasteiger partial charge in [-0.3, -0.25) is 0 Å². The first kappa shape index (κ1) is 20.4. The van der Waals surface area contributed by atoms with E-state index in [1.807, 2.05) is 80.6 Å². The first-order valence-corrected chi connectivity index (χ1v) is 10.1. The molecule has 0 aliphatic carbocycles. The molecule has 5 heteroatoms. The van der Waals surface area contributed by atoms with Crippen molar-refractivity contribution >= 4 is 16.7 Å². The van der Waals surface area contributed by atoms with Gasteiger partial charge in [-0.1, -0.05) is 65.3 Å². The third-order valence-electron chi connectivity index (χ3n) is 5.36. The van der Waals surface area contributed by atoms with Gasteiger partial charge in [0.25, 0.3) is 0 Å². The van der Waals surface area contributed by atoms with Crippen molar-refractivity contribution in [3.8, 4) is 5.75 Å². The van der Waals surface area contributed by atoms with Crippen LogP contribution in [0.3, 0.4) is 0 Å².